The summed E-state index contributed by atoms with van der Waals surface area (Å²) in [5, 5.41) is 7.05. The first-order valence-electron chi connectivity index (χ1n) is 7.98. The van der Waals surface area contributed by atoms with Crippen molar-refractivity contribution < 1.29 is 13.9 Å². The topological polar surface area (TPSA) is 81.9 Å². The molecule has 1 amide bonds. The number of halogens is 1. The number of aromatic nitrogens is 4. The van der Waals surface area contributed by atoms with Crippen molar-refractivity contribution >= 4 is 11.7 Å². The third-order valence-electron chi connectivity index (χ3n) is 3.42. The second kappa shape index (κ2) is 7.30. The van der Waals surface area contributed by atoms with Gasteiger partial charge < -0.3 is 10.1 Å². The van der Waals surface area contributed by atoms with E-state index in [4.69, 9.17) is 4.74 Å². The number of benzene rings is 1. The van der Waals surface area contributed by atoms with Gasteiger partial charge in [-0.2, -0.15) is 9.78 Å². The van der Waals surface area contributed by atoms with Crippen molar-refractivity contribution in [3.05, 3.63) is 59.3 Å². The minimum atomic E-state index is -0.427. The first kappa shape index (κ1) is 17.5. The van der Waals surface area contributed by atoms with Crippen molar-refractivity contribution in [1.82, 2.24) is 19.7 Å². The smallest absolute Gasteiger partial charge is 0.263 e. The quantitative estimate of drug-likeness (QED) is 0.761. The minimum Gasteiger partial charge on any atom is -0.484 e. The Bertz CT molecular complexity index is 934. The van der Waals surface area contributed by atoms with Gasteiger partial charge in [0.1, 0.15) is 17.4 Å². The van der Waals surface area contributed by atoms with Crippen LogP contribution in [-0.4, -0.2) is 32.3 Å². The molecule has 3 aromatic rings. The van der Waals surface area contributed by atoms with Crippen LogP contribution in [0.2, 0.25) is 0 Å². The average molecular weight is 355 g/mol. The number of carbonyl (C=O) groups excluding carboxylic acids is 1. The second-order valence-corrected chi connectivity index (χ2v) is 5.83. The van der Waals surface area contributed by atoms with Crippen LogP contribution in [0.25, 0.3) is 5.95 Å². The molecule has 2 heterocycles. The normalized spacial score (nSPS) is 10.6. The maximum absolute atomic E-state index is 13.1. The number of anilines is 1. The van der Waals surface area contributed by atoms with Crippen LogP contribution in [0.4, 0.5) is 10.2 Å². The van der Waals surface area contributed by atoms with Gasteiger partial charge in [0, 0.05) is 23.5 Å². The van der Waals surface area contributed by atoms with E-state index in [-0.39, 0.29) is 12.4 Å². The summed E-state index contributed by atoms with van der Waals surface area (Å²) in [6.45, 7) is 5.26. The van der Waals surface area contributed by atoms with Gasteiger partial charge in [-0.05, 0) is 39.0 Å². The van der Waals surface area contributed by atoms with Crippen LogP contribution in [-0.2, 0) is 4.79 Å². The highest BCUT2D eigenvalue weighted by molar-refractivity contribution is 5.91. The van der Waals surface area contributed by atoms with Gasteiger partial charge in [-0.3, -0.25) is 4.79 Å². The average Bonchev–Trinajstić information content (AvgIpc) is 2.92. The monoisotopic (exact) mass is 355 g/mol. The molecule has 0 aliphatic rings. The molecule has 7 nitrogen and oxygen atoms in total. The molecular weight excluding hydrogens is 337 g/mol. The van der Waals surface area contributed by atoms with Crippen LogP contribution < -0.4 is 10.1 Å². The van der Waals surface area contributed by atoms with E-state index in [0.29, 0.717) is 17.5 Å². The maximum Gasteiger partial charge on any atom is 0.263 e. The van der Waals surface area contributed by atoms with Gasteiger partial charge in [0.25, 0.3) is 11.9 Å². The number of ether oxygens (including phenoxy) is 1. The zero-order chi connectivity index (χ0) is 18.7. The Kier molecular flexibility index (Phi) is 4.92. The highest BCUT2D eigenvalue weighted by Crippen LogP contribution is 2.16. The number of aryl methyl sites for hydroxylation is 3. The lowest BCUT2D eigenvalue weighted by Gasteiger charge is -2.09. The summed E-state index contributed by atoms with van der Waals surface area (Å²) in [5.41, 5.74) is 2.30. The molecule has 0 bridgehead atoms. The summed E-state index contributed by atoms with van der Waals surface area (Å²) >= 11 is 0. The van der Waals surface area contributed by atoms with Crippen molar-refractivity contribution in [1.29, 1.82) is 0 Å². The number of nitrogens with one attached hydrogen (secondary N) is 1. The molecule has 0 fully saturated rings. The lowest BCUT2D eigenvalue weighted by Crippen LogP contribution is -2.22. The standard InChI is InChI=1S/C18H18FN5O2/c1-11-7-12(2)21-18(20-11)24-16(8-13(3)23-24)22-17(25)10-26-15-6-4-5-14(19)9-15/h4-9H,10H2,1-3H3,(H,22,25). The van der Waals surface area contributed by atoms with E-state index in [1.165, 1.54) is 22.9 Å². The fraction of sp³-hybridized carbons (Fsp3) is 0.222. The largest absolute Gasteiger partial charge is 0.484 e. The molecule has 0 unspecified atom stereocenters. The summed E-state index contributed by atoms with van der Waals surface area (Å²) < 4.78 is 19.9. The van der Waals surface area contributed by atoms with E-state index in [1.54, 1.807) is 19.1 Å². The zero-order valence-electron chi connectivity index (χ0n) is 14.7. The molecule has 1 aromatic carbocycles. The van der Waals surface area contributed by atoms with E-state index in [1.807, 2.05) is 19.9 Å². The molecule has 0 radical (unpaired) electrons. The Labute approximate surface area is 149 Å². The van der Waals surface area contributed by atoms with Gasteiger partial charge in [0.2, 0.25) is 0 Å². The molecule has 0 atom stereocenters. The number of rotatable bonds is 5. The summed E-state index contributed by atoms with van der Waals surface area (Å²) in [4.78, 5) is 20.9. The molecule has 1 N–H and O–H groups in total. The Balaban J connectivity index is 1.74. The van der Waals surface area contributed by atoms with E-state index in [0.717, 1.165) is 11.4 Å². The summed E-state index contributed by atoms with van der Waals surface area (Å²) in [6, 6.07) is 9.17. The van der Waals surface area contributed by atoms with Gasteiger partial charge in [-0.15, -0.1) is 0 Å². The van der Waals surface area contributed by atoms with Crippen molar-refractivity contribution in [3.63, 3.8) is 0 Å². The van der Waals surface area contributed by atoms with Gasteiger partial charge in [-0.1, -0.05) is 6.07 Å². The van der Waals surface area contributed by atoms with Crippen LogP contribution in [0.3, 0.4) is 0 Å². The molecule has 3 rings (SSSR count). The Morgan fingerprint density at radius 2 is 1.85 bits per heavy atom. The summed E-state index contributed by atoms with van der Waals surface area (Å²) in [5.74, 6) is 0.253. The third-order valence-corrected chi connectivity index (χ3v) is 3.42. The van der Waals surface area contributed by atoms with Crippen molar-refractivity contribution in [2.75, 3.05) is 11.9 Å². The van der Waals surface area contributed by atoms with Crippen molar-refractivity contribution in [2.45, 2.75) is 20.8 Å². The minimum absolute atomic E-state index is 0.263. The van der Waals surface area contributed by atoms with Crippen LogP contribution in [0, 0.1) is 26.6 Å². The zero-order valence-corrected chi connectivity index (χ0v) is 14.7. The SMILES string of the molecule is Cc1cc(C)nc(-n2nc(C)cc2NC(=O)COc2cccc(F)c2)n1. The Morgan fingerprint density at radius 3 is 2.54 bits per heavy atom. The lowest BCUT2D eigenvalue weighted by atomic mass is 10.3. The second-order valence-electron chi connectivity index (χ2n) is 5.83. The fourth-order valence-electron chi connectivity index (χ4n) is 2.43. The van der Waals surface area contributed by atoms with Crippen molar-refractivity contribution in [2.24, 2.45) is 0 Å². The molecule has 26 heavy (non-hydrogen) atoms. The van der Waals surface area contributed by atoms with Gasteiger partial charge in [0.15, 0.2) is 6.61 Å². The molecule has 134 valence electrons. The number of carbonyl (C=O) groups is 1. The fourth-order valence-corrected chi connectivity index (χ4v) is 2.43. The van der Waals surface area contributed by atoms with Crippen LogP contribution in [0.1, 0.15) is 17.1 Å². The number of nitrogens with zero attached hydrogens (tertiary/aromatic N) is 4. The van der Waals surface area contributed by atoms with Crippen LogP contribution in [0.15, 0.2) is 36.4 Å². The number of hydrogen-bond acceptors (Lipinski definition) is 5. The Morgan fingerprint density at radius 1 is 1.12 bits per heavy atom. The molecular formula is C18H18FN5O2. The highest BCUT2D eigenvalue weighted by Gasteiger charge is 2.14. The van der Waals surface area contributed by atoms with Gasteiger partial charge >= 0.3 is 0 Å². The highest BCUT2D eigenvalue weighted by atomic mass is 19.1. The first-order chi connectivity index (χ1) is 12.4. The molecule has 0 aliphatic carbocycles. The van der Waals surface area contributed by atoms with E-state index in [9.17, 15) is 9.18 Å². The summed E-state index contributed by atoms with van der Waals surface area (Å²) in [7, 11) is 0. The van der Waals surface area contributed by atoms with E-state index in [2.05, 4.69) is 20.4 Å². The molecule has 0 spiro atoms. The number of amides is 1. The van der Waals surface area contributed by atoms with E-state index < -0.39 is 11.7 Å². The third kappa shape index (κ3) is 4.21. The van der Waals surface area contributed by atoms with Crippen LogP contribution in [0.5, 0.6) is 5.75 Å². The molecule has 0 saturated carbocycles. The number of hydrogen-bond donors (Lipinski definition) is 1. The van der Waals surface area contributed by atoms with Gasteiger partial charge in [0.05, 0.1) is 5.69 Å². The van der Waals surface area contributed by atoms with Gasteiger partial charge in [-0.25, -0.2) is 14.4 Å². The van der Waals surface area contributed by atoms with Crippen LogP contribution >= 0.6 is 0 Å². The first-order valence-corrected chi connectivity index (χ1v) is 7.98. The predicted molar refractivity (Wildman–Crippen MR) is 93.9 cm³/mol. The molecule has 2 aromatic heterocycles. The maximum atomic E-state index is 13.1. The summed E-state index contributed by atoms with van der Waals surface area (Å²) in [6.07, 6.45) is 0. The van der Waals surface area contributed by atoms with Crippen molar-refractivity contribution in [3.8, 4) is 11.7 Å². The molecule has 0 saturated heterocycles. The Hall–Kier alpha value is -3.29. The molecule has 0 aliphatic heterocycles. The lowest BCUT2D eigenvalue weighted by molar-refractivity contribution is -0.118. The predicted octanol–water partition coefficient (Wildman–Crippen LogP) is 2.74. The molecule has 8 heteroatoms. The van der Waals surface area contributed by atoms with E-state index >= 15 is 0 Å².